The lowest BCUT2D eigenvalue weighted by atomic mass is 10.1. The first-order valence-corrected chi connectivity index (χ1v) is 8.94. The highest BCUT2D eigenvalue weighted by Crippen LogP contribution is 2.29. The number of hydrazine groups is 1. The third-order valence-corrected chi connectivity index (χ3v) is 3.82. The first-order chi connectivity index (χ1) is 13.8. The average Bonchev–Trinajstić information content (AvgIpc) is 2.99. The maximum absolute atomic E-state index is 12.1. The maximum Gasteiger partial charge on any atom is 0.342 e. The van der Waals surface area contributed by atoms with E-state index in [2.05, 4.69) is 10.9 Å². The fourth-order valence-electron chi connectivity index (χ4n) is 2.53. The number of carboxylic acid groups (broad SMARTS) is 1. The molecule has 1 heterocycles. The van der Waals surface area contributed by atoms with E-state index in [1.54, 1.807) is 32.0 Å². The zero-order valence-corrected chi connectivity index (χ0v) is 16.1. The lowest BCUT2D eigenvalue weighted by molar-refractivity contribution is -0.137. The number of amides is 2. The Hall–Kier alpha value is -3.56. The second-order valence-corrected chi connectivity index (χ2v) is 6.04. The topological polar surface area (TPSA) is 144 Å². The Morgan fingerprint density at radius 3 is 2.52 bits per heavy atom. The Labute approximate surface area is 166 Å². The molecule has 0 radical (unpaired) electrons. The van der Waals surface area contributed by atoms with Crippen LogP contribution in [0.4, 0.5) is 0 Å². The van der Waals surface area contributed by atoms with Gasteiger partial charge in [0.25, 0.3) is 5.91 Å². The van der Waals surface area contributed by atoms with Crippen molar-refractivity contribution in [2.45, 2.75) is 33.1 Å². The molecule has 10 heteroatoms. The molecular formula is C19H22N2O8. The molecule has 1 aromatic heterocycles. The highest BCUT2D eigenvalue weighted by molar-refractivity contribution is 6.04. The number of esters is 1. The molecule has 0 bridgehead atoms. The third-order valence-electron chi connectivity index (χ3n) is 3.82. The van der Waals surface area contributed by atoms with Crippen molar-refractivity contribution in [1.82, 2.24) is 10.9 Å². The van der Waals surface area contributed by atoms with Gasteiger partial charge in [-0.05, 0) is 38.5 Å². The van der Waals surface area contributed by atoms with Gasteiger partial charge in [0.1, 0.15) is 22.7 Å². The molecule has 0 atom stereocenters. The van der Waals surface area contributed by atoms with Crippen molar-refractivity contribution < 1.29 is 38.2 Å². The molecule has 10 nitrogen and oxygen atoms in total. The molecule has 0 saturated heterocycles. The van der Waals surface area contributed by atoms with Gasteiger partial charge in [0.05, 0.1) is 6.61 Å². The van der Waals surface area contributed by atoms with Gasteiger partial charge in [0, 0.05) is 18.2 Å². The zero-order valence-electron chi connectivity index (χ0n) is 16.1. The monoisotopic (exact) mass is 406 g/mol. The second kappa shape index (κ2) is 10.1. The van der Waals surface area contributed by atoms with Gasteiger partial charge in [0.2, 0.25) is 5.91 Å². The summed E-state index contributed by atoms with van der Waals surface area (Å²) in [7, 11) is 0. The van der Waals surface area contributed by atoms with Gasteiger partial charge in [-0.2, -0.15) is 0 Å². The first-order valence-electron chi connectivity index (χ1n) is 8.94. The quantitative estimate of drug-likeness (QED) is 0.422. The van der Waals surface area contributed by atoms with Gasteiger partial charge in [-0.25, -0.2) is 4.79 Å². The number of benzene rings is 1. The van der Waals surface area contributed by atoms with E-state index in [9.17, 15) is 19.2 Å². The van der Waals surface area contributed by atoms with Gasteiger partial charge < -0.3 is 19.0 Å². The van der Waals surface area contributed by atoms with Gasteiger partial charge in [-0.15, -0.1) is 0 Å². The number of aryl methyl sites for hydroxylation is 1. The SMILES string of the molecule is CCOC(=O)c1c(C)oc2ccc(OCC(=O)NNC(=O)CCCC(=O)O)cc12. The molecular weight excluding hydrogens is 384 g/mol. The van der Waals surface area contributed by atoms with Crippen LogP contribution in [0.1, 0.15) is 42.3 Å². The molecule has 0 saturated carbocycles. The molecule has 0 fully saturated rings. The highest BCUT2D eigenvalue weighted by Gasteiger charge is 2.20. The van der Waals surface area contributed by atoms with E-state index in [1.165, 1.54) is 0 Å². The van der Waals surface area contributed by atoms with Crippen molar-refractivity contribution in [1.29, 1.82) is 0 Å². The number of carbonyl (C=O) groups is 4. The summed E-state index contributed by atoms with van der Waals surface area (Å²) in [4.78, 5) is 45.8. The first kappa shape index (κ1) is 21.7. The molecule has 0 aliphatic rings. The Balaban J connectivity index is 1.91. The number of fused-ring (bicyclic) bond motifs is 1. The summed E-state index contributed by atoms with van der Waals surface area (Å²) < 4.78 is 16.0. The van der Waals surface area contributed by atoms with E-state index >= 15 is 0 Å². The van der Waals surface area contributed by atoms with Gasteiger partial charge >= 0.3 is 11.9 Å². The van der Waals surface area contributed by atoms with Crippen molar-refractivity contribution in [2.24, 2.45) is 0 Å². The standard InChI is InChI=1S/C19H22N2O8/c1-3-27-19(26)18-11(2)29-14-8-7-12(9-13(14)18)28-10-16(23)21-20-15(22)5-4-6-17(24)25/h7-9H,3-6,10H2,1-2H3,(H,20,22)(H,21,23)(H,24,25). The predicted octanol–water partition coefficient (Wildman–Crippen LogP) is 1.70. The van der Waals surface area contributed by atoms with Crippen LogP contribution in [-0.4, -0.2) is 42.1 Å². The van der Waals surface area contributed by atoms with Gasteiger partial charge in [0.15, 0.2) is 6.61 Å². The van der Waals surface area contributed by atoms with Crippen LogP contribution in [0, 0.1) is 6.92 Å². The van der Waals surface area contributed by atoms with Crippen LogP contribution in [0.3, 0.4) is 0 Å². The highest BCUT2D eigenvalue weighted by atomic mass is 16.5. The van der Waals surface area contributed by atoms with Crippen LogP contribution >= 0.6 is 0 Å². The Morgan fingerprint density at radius 1 is 1.10 bits per heavy atom. The summed E-state index contributed by atoms with van der Waals surface area (Å²) in [5.41, 5.74) is 5.13. The van der Waals surface area contributed by atoms with Gasteiger partial charge in [-0.1, -0.05) is 0 Å². The van der Waals surface area contributed by atoms with Crippen LogP contribution in [0.25, 0.3) is 11.0 Å². The van der Waals surface area contributed by atoms with E-state index < -0.39 is 23.8 Å². The van der Waals surface area contributed by atoms with Crippen molar-refractivity contribution in [3.8, 4) is 5.75 Å². The molecule has 2 rings (SSSR count). The molecule has 0 aliphatic heterocycles. The maximum atomic E-state index is 12.1. The number of hydrogen-bond acceptors (Lipinski definition) is 7. The number of carbonyl (C=O) groups excluding carboxylic acids is 3. The minimum absolute atomic E-state index is 0.0272. The fraction of sp³-hybridized carbons (Fsp3) is 0.368. The fourth-order valence-corrected chi connectivity index (χ4v) is 2.53. The van der Waals surface area contributed by atoms with E-state index in [0.29, 0.717) is 28.0 Å². The van der Waals surface area contributed by atoms with Gasteiger partial charge in [-0.3, -0.25) is 25.2 Å². The lowest BCUT2D eigenvalue weighted by Gasteiger charge is -2.09. The number of carboxylic acids is 1. The molecule has 29 heavy (non-hydrogen) atoms. The number of nitrogens with one attached hydrogen (secondary N) is 2. The molecule has 2 aromatic rings. The largest absolute Gasteiger partial charge is 0.484 e. The van der Waals surface area contributed by atoms with E-state index in [0.717, 1.165) is 0 Å². The number of ether oxygens (including phenoxy) is 2. The normalized spacial score (nSPS) is 10.4. The Morgan fingerprint density at radius 2 is 1.83 bits per heavy atom. The molecule has 0 unspecified atom stereocenters. The molecule has 0 aliphatic carbocycles. The van der Waals surface area contributed by atoms with Crippen LogP contribution in [0.15, 0.2) is 22.6 Å². The smallest absolute Gasteiger partial charge is 0.342 e. The summed E-state index contributed by atoms with van der Waals surface area (Å²) >= 11 is 0. The van der Waals surface area contributed by atoms with E-state index in [4.69, 9.17) is 19.0 Å². The van der Waals surface area contributed by atoms with Crippen molar-refractivity contribution in [3.63, 3.8) is 0 Å². The molecule has 1 aromatic carbocycles. The molecule has 156 valence electrons. The van der Waals surface area contributed by atoms with Crippen LogP contribution in [-0.2, 0) is 19.1 Å². The van der Waals surface area contributed by atoms with Crippen LogP contribution in [0.5, 0.6) is 5.75 Å². The van der Waals surface area contributed by atoms with Crippen molar-refractivity contribution >= 4 is 34.7 Å². The Kier molecular flexibility index (Phi) is 7.58. The third kappa shape index (κ3) is 6.23. The number of furan rings is 1. The average molecular weight is 406 g/mol. The summed E-state index contributed by atoms with van der Waals surface area (Å²) in [5.74, 6) is -1.87. The molecule has 3 N–H and O–H groups in total. The molecule has 0 spiro atoms. The van der Waals surface area contributed by atoms with Crippen molar-refractivity contribution in [3.05, 3.63) is 29.5 Å². The van der Waals surface area contributed by atoms with Crippen LogP contribution < -0.4 is 15.6 Å². The number of aliphatic carboxylic acids is 1. The summed E-state index contributed by atoms with van der Waals surface area (Å²) in [6, 6.07) is 4.76. The number of hydrogen-bond donors (Lipinski definition) is 3. The van der Waals surface area contributed by atoms with Crippen LogP contribution in [0.2, 0.25) is 0 Å². The minimum atomic E-state index is -0.994. The predicted molar refractivity (Wildman–Crippen MR) is 100 cm³/mol. The summed E-state index contributed by atoms with van der Waals surface area (Å²) in [6.45, 7) is 3.20. The van der Waals surface area contributed by atoms with E-state index in [-0.39, 0.29) is 32.5 Å². The summed E-state index contributed by atoms with van der Waals surface area (Å²) in [6.07, 6.45) is 0.00920. The van der Waals surface area contributed by atoms with Crippen molar-refractivity contribution in [2.75, 3.05) is 13.2 Å². The minimum Gasteiger partial charge on any atom is -0.484 e. The second-order valence-electron chi connectivity index (χ2n) is 6.04. The molecule has 2 amide bonds. The lowest BCUT2D eigenvalue weighted by Crippen LogP contribution is -2.43. The Bertz CT molecular complexity index is 918. The van der Waals surface area contributed by atoms with E-state index in [1.807, 2.05) is 0 Å². The summed E-state index contributed by atoms with van der Waals surface area (Å²) in [5, 5.41) is 9.02. The number of rotatable bonds is 9. The zero-order chi connectivity index (χ0) is 21.4.